The van der Waals surface area contributed by atoms with Crippen molar-refractivity contribution in [3.05, 3.63) is 35.4 Å². The van der Waals surface area contributed by atoms with E-state index in [1.807, 2.05) is 6.07 Å². The van der Waals surface area contributed by atoms with Gasteiger partial charge in [0.2, 0.25) is 0 Å². The largest absolute Gasteiger partial charge is 0.478 e. The first-order valence-corrected chi connectivity index (χ1v) is 7.95. The maximum absolute atomic E-state index is 12.0. The zero-order valence-corrected chi connectivity index (χ0v) is 12.3. The lowest BCUT2D eigenvalue weighted by molar-refractivity contribution is 0.0696. The lowest BCUT2D eigenvalue weighted by Crippen LogP contribution is -2.27. The van der Waals surface area contributed by atoms with Gasteiger partial charge in [-0.25, -0.2) is 4.79 Å². The first-order chi connectivity index (χ1) is 9.06. The predicted octanol–water partition coefficient (Wildman–Crippen LogP) is 1.98. The molecule has 0 spiro atoms. The van der Waals surface area contributed by atoms with Crippen LogP contribution in [0.5, 0.6) is 0 Å². The van der Waals surface area contributed by atoms with Crippen LogP contribution in [-0.2, 0) is 16.6 Å². The molecule has 106 valence electrons. The molecule has 0 aliphatic heterocycles. The van der Waals surface area contributed by atoms with Gasteiger partial charge in [-0.15, -0.1) is 0 Å². The molecule has 0 saturated carbocycles. The third kappa shape index (κ3) is 5.53. The third-order valence-electron chi connectivity index (χ3n) is 3.03. The van der Waals surface area contributed by atoms with E-state index in [1.54, 1.807) is 18.2 Å². The number of rotatable bonds is 8. The fraction of sp³-hybridized carbons (Fsp3) is 0.500. The number of hydrogen-bond acceptors (Lipinski definition) is 3. The molecule has 0 amide bonds. The Morgan fingerprint density at radius 2 is 2.00 bits per heavy atom. The molecule has 1 unspecified atom stereocenters. The summed E-state index contributed by atoms with van der Waals surface area (Å²) in [5, 5.41) is 8.90. The number of aromatic carboxylic acids is 1. The number of carbonyl (C=O) groups is 1. The zero-order chi connectivity index (χ0) is 14.3. The van der Waals surface area contributed by atoms with Crippen LogP contribution in [0.1, 0.15) is 29.8 Å². The van der Waals surface area contributed by atoms with Crippen molar-refractivity contribution in [3.8, 4) is 0 Å². The highest BCUT2D eigenvalue weighted by molar-refractivity contribution is 7.84. The van der Waals surface area contributed by atoms with Gasteiger partial charge < -0.3 is 10.0 Å². The van der Waals surface area contributed by atoms with Gasteiger partial charge in [0.15, 0.2) is 0 Å². The van der Waals surface area contributed by atoms with Crippen molar-refractivity contribution in [1.29, 1.82) is 0 Å². The van der Waals surface area contributed by atoms with E-state index in [1.165, 1.54) is 0 Å². The molecule has 0 fully saturated rings. The first kappa shape index (κ1) is 15.9. The van der Waals surface area contributed by atoms with Crippen LogP contribution in [0.4, 0.5) is 0 Å². The van der Waals surface area contributed by atoms with Gasteiger partial charge in [-0.3, -0.25) is 4.21 Å². The summed E-state index contributed by atoms with van der Waals surface area (Å²) in [6, 6.07) is 6.66. The van der Waals surface area contributed by atoms with Crippen molar-refractivity contribution in [2.45, 2.75) is 19.6 Å². The van der Waals surface area contributed by atoms with Gasteiger partial charge in [-0.05, 0) is 30.8 Å². The van der Waals surface area contributed by atoms with Crippen LogP contribution in [0.2, 0.25) is 0 Å². The molecule has 0 aliphatic carbocycles. The minimum absolute atomic E-state index is 0.248. The van der Waals surface area contributed by atoms with Gasteiger partial charge in [0, 0.05) is 28.9 Å². The second kappa shape index (κ2) is 8.07. The topological polar surface area (TPSA) is 57.6 Å². The summed E-state index contributed by atoms with van der Waals surface area (Å²) < 4.78 is 12.0. The third-order valence-corrected chi connectivity index (χ3v) is 4.32. The van der Waals surface area contributed by atoms with Crippen molar-refractivity contribution >= 4 is 16.8 Å². The molecule has 1 N–H and O–H groups in total. The van der Waals surface area contributed by atoms with Crippen LogP contribution in [-0.4, -0.2) is 45.6 Å². The van der Waals surface area contributed by atoms with Gasteiger partial charge in [-0.1, -0.05) is 26.0 Å². The van der Waals surface area contributed by atoms with Gasteiger partial charge in [-0.2, -0.15) is 0 Å². The molecular formula is C14H21NO3S. The Kier molecular flexibility index (Phi) is 6.73. The van der Waals surface area contributed by atoms with Gasteiger partial charge in [0.05, 0.1) is 5.56 Å². The normalized spacial score (nSPS) is 12.6. The molecule has 19 heavy (non-hydrogen) atoms. The van der Waals surface area contributed by atoms with E-state index < -0.39 is 16.8 Å². The van der Waals surface area contributed by atoms with E-state index in [4.69, 9.17) is 5.11 Å². The summed E-state index contributed by atoms with van der Waals surface area (Å²) in [4.78, 5) is 13.1. The van der Waals surface area contributed by atoms with Crippen LogP contribution in [0, 0.1) is 0 Å². The molecule has 1 aromatic carbocycles. The molecule has 5 heteroatoms. The lowest BCUT2D eigenvalue weighted by Gasteiger charge is -2.17. The van der Waals surface area contributed by atoms with Crippen molar-refractivity contribution in [2.24, 2.45) is 0 Å². The molecule has 0 saturated heterocycles. The Morgan fingerprint density at radius 1 is 1.32 bits per heavy atom. The average Bonchev–Trinajstić information content (AvgIpc) is 2.40. The molecule has 0 heterocycles. The summed E-state index contributed by atoms with van der Waals surface area (Å²) >= 11 is 0. The molecule has 0 aromatic heterocycles. The SMILES string of the molecule is CCN(CC)CCS(=O)Cc1cccc(C(=O)O)c1. The Morgan fingerprint density at radius 3 is 2.58 bits per heavy atom. The van der Waals surface area contributed by atoms with E-state index in [-0.39, 0.29) is 5.56 Å². The van der Waals surface area contributed by atoms with E-state index in [2.05, 4.69) is 18.7 Å². The monoisotopic (exact) mass is 283 g/mol. The second-order valence-corrected chi connectivity index (χ2v) is 5.90. The summed E-state index contributed by atoms with van der Waals surface area (Å²) in [7, 11) is -0.951. The quantitative estimate of drug-likeness (QED) is 0.792. The van der Waals surface area contributed by atoms with Gasteiger partial charge in [0.1, 0.15) is 0 Å². The number of hydrogen-bond donors (Lipinski definition) is 1. The van der Waals surface area contributed by atoms with E-state index in [9.17, 15) is 9.00 Å². The van der Waals surface area contributed by atoms with Crippen molar-refractivity contribution in [1.82, 2.24) is 4.90 Å². The molecule has 4 nitrogen and oxygen atoms in total. The molecule has 1 aromatic rings. The number of benzene rings is 1. The van der Waals surface area contributed by atoms with Crippen LogP contribution >= 0.6 is 0 Å². The van der Waals surface area contributed by atoms with E-state index in [0.717, 1.165) is 25.2 Å². The summed E-state index contributed by atoms with van der Waals surface area (Å²) in [6.45, 7) is 6.91. The molecule has 0 radical (unpaired) electrons. The Hall–Kier alpha value is -1.20. The van der Waals surface area contributed by atoms with Crippen LogP contribution < -0.4 is 0 Å². The summed E-state index contributed by atoms with van der Waals surface area (Å²) in [5.41, 5.74) is 1.07. The molecule has 1 rings (SSSR count). The maximum Gasteiger partial charge on any atom is 0.335 e. The van der Waals surface area contributed by atoms with Crippen LogP contribution in [0.3, 0.4) is 0 Å². The molecule has 1 atom stereocenters. The van der Waals surface area contributed by atoms with E-state index in [0.29, 0.717) is 11.5 Å². The number of nitrogens with zero attached hydrogens (tertiary/aromatic N) is 1. The number of carboxylic acid groups (broad SMARTS) is 1. The smallest absolute Gasteiger partial charge is 0.335 e. The summed E-state index contributed by atoms with van der Waals surface area (Å²) in [5.74, 6) is 0.0947. The van der Waals surface area contributed by atoms with Gasteiger partial charge >= 0.3 is 5.97 Å². The van der Waals surface area contributed by atoms with Gasteiger partial charge in [0.25, 0.3) is 0 Å². The second-order valence-electron chi connectivity index (χ2n) is 4.32. The molecule has 0 aliphatic rings. The summed E-state index contributed by atoms with van der Waals surface area (Å²) in [6.07, 6.45) is 0. The Labute approximate surface area is 116 Å². The fourth-order valence-electron chi connectivity index (χ4n) is 1.82. The zero-order valence-electron chi connectivity index (χ0n) is 11.5. The molecule has 0 bridgehead atoms. The lowest BCUT2D eigenvalue weighted by atomic mass is 10.1. The highest BCUT2D eigenvalue weighted by Gasteiger charge is 2.07. The van der Waals surface area contributed by atoms with Crippen LogP contribution in [0.15, 0.2) is 24.3 Å². The number of carboxylic acids is 1. The minimum atomic E-state index is -0.951. The Bertz CT molecular complexity index is 444. The first-order valence-electron chi connectivity index (χ1n) is 6.46. The highest BCUT2D eigenvalue weighted by Crippen LogP contribution is 2.08. The Balaban J connectivity index is 2.52. The maximum atomic E-state index is 12.0. The average molecular weight is 283 g/mol. The van der Waals surface area contributed by atoms with E-state index >= 15 is 0 Å². The predicted molar refractivity (Wildman–Crippen MR) is 77.9 cm³/mol. The fourth-order valence-corrected chi connectivity index (χ4v) is 2.98. The highest BCUT2D eigenvalue weighted by atomic mass is 32.2. The standard InChI is InChI=1S/C14H21NO3S/c1-3-15(4-2)8-9-19(18)11-12-6-5-7-13(10-12)14(16)17/h5-7,10H,3-4,8-9,11H2,1-2H3,(H,16,17). The van der Waals surface area contributed by atoms with Crippen molar-refractivity contribution in [3.63, 3.8) is 0 Å². The molecular weight excluding hydrogens is 262 g/mol. The van der Waals surface area contributed by atoms with Crippen molar-refractivity contribution < 1.29 is 14.1 Å². The van der Waals surface area contributed by atoms with Crippen LogP contribution in [0.25, 0.3) is 0 Å². The van der Waals surface area contributed by atoms with Crippen molar-refractivity contribution in [2.75, 3.05) is 25.4 Å². The minimum Gasteiger partial charge on any atom is -0.478 e.